The summed E-state index contributed by atoms with van der Waals surface area (Å²) < 4.78 is 7.16. The molecule has 0 spiro atoms. The second-order valence-electron chi connectivity index (χ2n) is 4.04. The van der Waals surface area contributed by atoms with Crippen LogP contribution in [0.25, 0.3) is 11.5 Å². The van der Waals surface area contributed by atoms with Gasteiger partial charge in [0.1, 0.15) is 12.7 Å². The Bertz CT molecular complexity index is 608. The molecule has 0 bridgehead atoms. The Kier molecular flexibility index (Phi) is 4.93. The number of allylic oxidation sites excluding steroid dienone is 2. The lowest BCUT2D eigenvalue weighted by Gasteiger charge is -2.07. The molecule has 0 unspecified atom stereocenters. The van der Waals surface area contributed by atoms with E-state index in [4.69, 9.17) is 4.74 Å². The van der Waals surface area contributed by atoms with Gasteiger partial charge in [-0.1, -0.05) is 36.4 Å². The van der Waals surface area contributed by atoms with Crippen LogP contribution in [0.3, 0.4) is 0 Å². The van der Waals surface area contributed by atoms with E-state index in [9.17, 15) is 0 Å². The van der Waals surface area contributed by atoms with Gasteiger partial charge in [0.2, 0.25) is 0 Å². The molecule has 1 heterocycles. The molecule has 0 saturated carbocycles. The molecule has 0 aliphatic rings. The summed E-state index contributed by atoms with van der Waals surface area (Å²) in [4.78, 5) is 3.93. The zero-order valence-corrected chi connectivity index (χ0v) is 11.5. The quantitative estimate of drug-likeness (QED) is 0.457. The number of hydrogen-bond donors (Lipinski definition) is 0. The molecule has 0 atom stereocenters. The molecule has 1 aromatic carbocycles. The average molecular weight is 267 g/mol. The number of nitrogens with zero attached hydrogens (tertiary/aromatic N) is 3. The van der Waals surface area contributed by atoms with Gasteiger partial charge in [-0.05, 0) is 24.6 Å². The summed E-state index contributed by atoms with van der Waals surface area (Å²) in [6, 6.07) is 10.1. The molecule has 2 rings (SSSR count). The van der Waals surface area contributed by atoms with E-state index in [1.165, 1.54) is 6.33 Å². The predicted octanol–water partition coefficient (Wildman–Crippen LogP) is 3.37. The van der Waals surface area contributed by atoms with E-state index in [2.05, 4.69) is 22.4 Å². The van der Waals surface area contributed by atoms with Crippen LogP contribution in [0.1, 0.15) is 18.9 Å². The van der Waals surface area contributed by atoms with Crippen LogP contribution in [0.5, 0.6) is 0 Å². The molecule has 0 N–H and O–H groups in total. The van der Waals surface area contributed by atoms with Gasteiger partial charge in [-0.25, -0.2) is 4.98 Å². The molecular formula is C16H17N3O. The van der Waals surface area contributed by atoms with Crippen molar-refractivity contribution in [3.63, 3.8) is 0 Å². The first-order valence-corrected chi connectivity index (χ1v) is 6.49. The maximum Gasteiger partial charge on any atom is 0.262 e. The number of ether oxygens (including phenoxy) is 1. The SMILES string of the molecule is C=CCC(=C=C(OCC)n1cncn1)c1ccccc1. The summed E-state index contributed by atoms with van der Waals surface area (Å²) in [5.74, 6) is 0.533. The van der Waals surface area contributed by atoms with Crippen molar-refractivity contribution in [3.8, 4) is 0 Å². The third-order valence-electron chi connectivity index (χ3n) is 2.64. The summed E-state index contributed by atoms with van der Waals surface area (Å²) in [5.41, 5.74) is 5.36. The van der Waals surface area contributed by atoms with Gasteiger partial charge in [0.15, 0.2) is 0 Å². The maximum atomic E-state index is 5.60. The molecule has 0 fully saturated rings. The van der Waals surface area contributed by atoms with Crippen LogP contribution < -0.4 is 0 Å². The summed E-state index contributed by atoms with van der Waals surface area (Å²) in [7, 11) is 0. The molecule has 4 heteroatoms. The first-order chi connectivity index (χ1) is 9.85. The van der Waals surface area contributed by atoms with Crippen LogP contribution in [-0.2, 0) is 4.74 Å². The average Bonchev–Trinajstić information content (AvgIpc) is 3.01. The van der Waals surface area contributed by atoms with Crippen molar-refractivity contribution >= 4 is 11.5 Å². The van der Waals surface area contributed by atoms with Crippen LogP contribution in [0.15, 0.2) is 61.4 Å². The van der Waals surface area contributed by atoms with Crippen LogP contribution in [0, 0.1) is 0 Å². The molecule has 2 aromatic rings. The lowest BCUT2D eigenvalue weighted by atomic mass is 10.0. The highest BCUT2D eigenvalue weighted by Crippen LogP contribution is 2.18. The van der Waals surface area contributed by atoms with E-state index in [-0.39, 0.29) is 0 Å². The first-order valence-electron chi connectivity index (χ1n) is 6.49. The monoisotopic (exact) mass is 267 g/mol. The van der Waals surface area contributed by atoms with Crippen LogP contribution >= 0.6 is 0 Å². The van der Waals surface area contributed by atoms with Crippen molar-refractivity contribution in [2.45, 2.75) is 13.3 Å². The van der Waals surface area contributed by atoms with Gasteiger partial charge in [0, 0.05) is 5.57 Å². The lowest BCUT2D eigenvalue weighted by Crippen LogP contribution is -2.01. The molecule has 0 radical (unpaired) electrons. The van der Waals surface area contributed by atoms with Crippen LogP contribution in [-0.4, -0.2) is 21.4 Å². The van der Waals surface area contributed by atoms with Crippen LogP contribution in [0.4, 0.5) is 0 Å². The molecule has 102 valence electrons. The Balaban J connectivity index is 2.53. The normalized spacial score (nSPS) is 9.65. The number of benzene rings is 1. The fourth-order valence-electron chi connectivity index (χ4n) is 1.76. The Labute approximate surface area is 118 Å². The van der Waals surface area contributed by atoms with E-state index in [0.29, 0.717) is 18.9 Å². The third kappa shape index (κ3) is 3.46. The molecule has 0 aliphatic carbocycles. The van der Waals surface area contributed by atoms with Crippen molar-refractivity contribution in [2.75, 3.05) is 6.61 Å². The Hall–Kier alpha value is -2.58. The van der Waals surface area contributed by atoms with E-state index >= 15 is 0 Å². The molecule has 0 saturated heterocycles. The highest BCUT2D eigenvalue weighted by molar-refractivity contribution is 5.69. The van der Waals surface area contributed by atoms with Crippen molar-refractivity contribution in [2.24, 2.45) is 0 Å². The Morgan fingerprint density at radius 2 is 2.20 bits per heavy atom. The summed E-state index contributed by atoms with van der Waals surface area (Å²) in [6.45, 7) is 6.26. The van der Waals surface area contributed by atoms with E-state index in [1.807, 2.05) is 43.3 Å². The topological polar surface area (TPSA) is 39.9 Å². The van der Waals surface area contributed by atoms with Crippen molar-refractivity contribution < 1.29 is 4.74 Å². The Morgan fingerprint density at radius 3 is 2.80 bits per heavy atom. The highest BCUT2D eigenvalue weighted by atomic mass is 16.5. The molecule has 4 nitrogen and oxygen atoms in total. The van der Waals surface area contributed by atoms with Crippen molar-refractivity contribution in [1.82, 2.24) is 14.8 Å². The third-order valence-corrected chi connectivity index (χ3v) is 2.64. The second kappa shape index (κ2) is 7.12. The molecule has 0 aliphatic heterocycles. The fraction of sp³-hybridized carbons (Fsp3) is 0.188. The number of aromatic nitrogens is 3. The van der Waals surface area contributed by atoms with E-state index in [1.54, 1.807) is 11.0 Å². The fourth-order valence-corrected chi connectivity index (χ4v) is 1.76. The first kappa shape index (κ1) is 13.8. The number of rotatable bonds is 6. The van der Waals surface area contributed by atoms with Gasteiger partial charge in [0.05, 0.1) is 6.61 Å². The zero-order chi connectivity index (χ0) is 14.2. The molecule has 0 amide bonds. The van der Waals surface area contributed by atoms with Gasteiger partial charge in [-0.3, -0.25) is 0 Å². The summed E-state index contributed by atoms with van der Waals surface area (Å²) >= 11 is 0. The predicted molar refractivity (Wildman–Crippen MR) is 79.5 cm³/mol. The lowest BCUT2D eigenvalue weighted by molar-refractivity contribution is 0.272. The van der Waals surface area contributed by atoms with Gasteiger partial charge >= 0.3 is 0 Å². The summed E-state index contributed by atoms with van der Waals surface area (Å²) in [6.07, 6.45) is 5.61. The minimum Gasteiger partial charge on any atom is -0.472 e. The van der Waals surface area contributed by atoms with E-state index in [0.717, 1.165) is 11.1 Å². The maximum absolute atomic E-state index is 5.60. The summed E-state index contributed by atoms with van der Waals surface area (Å²) in [5, 5.41) is 4.08. The van der Waals surface area contributed by atoms with Crippen molar-refractivity contribution in [1.29, 1.82) is 0 Å². The standard InChI is InChI=1S/C16H17N3O/c1-3-8-15(14-9-6-5-7-10-14)11-16(20-4-2)19-13-17-12-18-19/h3,5-7,9-10,12-13H,1,4,8H2,2H3. The largest absolute Gasteiger partial charge is 0.472 e. The highest BCUT2D eigenvalue weighted by Gasteiger charge is 2.04. The molecular weight excluding hydrogens is 250 g/mol. The van der Waals surface area contributed by atoms with Gasteiger partial charge in [0.25, 0.3) is 5.88 Å². The Morgan fingerprint density at radius 1 is 1.40 bits per heavy atom. The van der Waals surface area contributed by atoms with Gasteiger partial charge in [-0.2, -0.15) is 9.78 Å². The number of hydrogen-bond acceptors (Lipinski definition) is 3. The van der Waals surface area contributed by atoms with Gasteiger partial charge in [-0.15, -0.1) is 6.58 Å². The minimum atomic E-state index is 0.533. The van der Waals surface area contributed by atoms with Gasteiger partial charge < -0.3 is 4.74 Å². The smallest absolute Gasteiger partial charge is 0.262 e. The molecule has 20 heavy (non-hydrogen) atoms. The van der Waals surface area contributed by atoms with Crippen LogP contribution in [0.2, 0.25) is 0 Å². The molecule has 1 aromatic heterocycles. The minimum absolute atomic E-state index is 0.533. The van der Waals surface area contributed by atoms with Crippen molar-refractivity contribution in [3.05, 3.63) is 66.9 Å². The van der Waals surface area contributed by atoms with E-state index < -0.39 is 0 Å². The zero-order valence-electron chi connectivity index (χ0n) is 11.5. The second-order valence-corrected chi connectivity index (χ2v) is 4.04.